The van der Waals surface area contributed by atoms with Crippen molar-refractivity contribution in [3.63, 3.8) is 0 Å². The lowest BCUT2D eigenvalue weighted by atomic mass is 9.99. The highest BCUT2D eigenvalue weighted by Crippen LogP contribution is 2.25. The molecule has 1 saturated heterocycles. The Labute approximate surface area is 130 Å². The molecule has 1 amide bonds. The number of hydrogen-bond acceptors (Lipinski definition) is 3. The first-order valence-corrected chi connectivity index (χ1v) is 7.49. The molecule has 1 heterocycles. The van der Waals surface area contributed by atoms with E-state index in [-0.39, 0.29) is 23.7 Å². The molecule has 0 N–H and O–H groups in total. The Balaban J connectivity index is 1.90. The van der Waals surface area contributed by atoms with Gasteiger partial charge in [-0.2, -0.15) is 0 Å². The second-order valence-corrected chi connectivity index (χ2v) is 5.90. The van der Waals surface area contributed by atoms with Crippen LogP contribution >= 0.6 is 11.6 Å². The lowest BCUT2D eigenvalue weighted by Gasteiger charge is -2.16. The van der Waals surface area contributed by atoms with E-state index in [2.05, 4.69) is 0 Å². The fraction of sp³-hybridized carbons (Fsp3) is 0.500. The third-order valence-electron chi connectivity index (χ3n) is 4.04. The van der Waals surface area contributed by atoms with E-state index >= 15 is 0 Å². The quantitative estimate of drug-likeness (QED) is 0.803. The summed E-state index contributed by atoms with van der Waals surface area (Å²) in [5.74, 6) is -0.238. The number of ether oxygens (including phenoxy) is 1. The number of rotatable bonds is 4. The van der Waals surface area contributed by atoms with Gasteiger partial charge in [0.15, 0.2) is 0 Å². The molecule has 0 aliphatic carbocycles. The van der Waals surface area contributed by atoms with Crippen LogP contribution in [0.5, 0.6) is 0 Å². The van der Waals surface area contributed by atoms with Gasteiger partial charge in [-0.15, -0.1) is 0 Å². The van der Waals surface area contributed by atoms with Crippen molar-refractivity contribution < 1.29 is 14.3 Å². The third-order valence-corrected chi connectivity index (χ3v) is 4.40. The Hall–Kier alpha value is -1.55. The van der Waals surface area contributed by atoms with Gasteiger partial charge in [0.05, 0.1) is 13.0 Å². The van der Waals surface area contributed by atoms with E-state index in [9.17, 15) is 9.59 Å². The summed E-state index contributed by atoms with van der Waals surface area (Å²) in [4.78, 5) is 25.7. The number of carbonyl (C=O) groups excluding carboxylic acids is 2. The van der Waals surface area contributed by atoms with E-state index in [0.29, 0.717) is 31.0 Å². The maximum absolute atomic E-state index is 12.3. The topological polar surface area (TPSA) is 46.6 Å². The highest BCUT2D eigenvalue weighted by molar-refractivity contribution is 6.31. The first-order valence-electron chi connectivity index (χ1n) is 7.12. The van der Waals surface area contributed by atoms with Crippen molar-refractivity contribution in [1.29, 1.82) is 0 Å². The maximum atomic E-state index is 12.3. The van der Waals surface area contributed by atoms with Crippen LogP contribution in [0, 0.1) is 11.8 Å². The average Bonchev–Trinajstić information content (AvgIpc) is 2.87. The van der Waals surface area contributed by atoms with Crippen molar-refractivity contribution in [3.8, 4) is 0 Å². The van der Waals surface area contributed by atoms with Crippen molar-refractivity contribution in [1.82, 2.24) is 4.90 Å². The number of carbonyl (C=O) groups is 2. The van der Waals surface area contributed by atoms with E-state index in [1.54, 1.807) is 4.90 Å². The molecule has 0 radical (unpaired) electrons. The van der Waals surface area contributed by atoms with Gasteiger partial charge >= 0.3 is 5.97 Å². The molecule has 1 aromatic rings. The molecule has 21 heavy (non-hydrogen) atoms. The van der Waals surface area contributed by atoms with Gasteiger partial charge in [-0.25, -0.2) is 0 Å². The lowest BCUT2D eigenvalue weighted by molar-refractivity contribution is -0.146. The standard InChI is InChI=1S/C16H20ClNO3/c1-11-9-18(10-13(11)16(20)21-2)15(19)8-7-12-5-3-4-6-14(12)17/h3-6,11,13H,7-10H2,1-2H3. The minimum atomic E-state index is -0.232. The summed E-state index contributed by atoms with van der Waals surface area (Å²) in [5, 5.41) is 0.688. The first-order chi connectivity index (χ1) is 10.0. The molecular formula is C16H20ClNO3. The normalized spacial score (nSPS) is 21.4. The summed E-state index contributed by atoms with van der Waals surface area (Å²) in [5.41, 5.74) is 0.976. The zero-order valence-electron chi connectivity index (χ0n) is 12.3. The summed E-state index contributed by atoms with van der Waals surface area (Å²) >= 11 is 6.09. The largest absolute Gasteiger partial charge is 0.469 e. The maximum Gasteiger partial charge on any atom is 0.310 e. The molecule has 5 heteroatoms. The van der Waals surface area contributed by atoms with Crippen LogP contribution in [0.1, 0.15) is 18.9 Å². The fourth-order valence-electron chi connectivity index (χ4n) is 2.73. The zero-order valence-corrected chi connectivity index (χ0v) is 13.1. The van der Waals surface area contributed by atoms with Gasteiger partial charge in [0.1, 0.15) is 0 Å². The van der Waals surface area contributed by atoms with Crippen LogP contribution in [0.2, 0.25) is 5.02 Å². The van der Waals surface area contributed by atoms with Crippen LogP contribution in [0.15, 0.2) is 24.3 Å². The monoisotopic (exact) mass is 309 g/mol. The molecule has 1 aliphatic rings. The number of halogens is 1. The second kappa shape index (κ2) is 6.94. The van der Waals surface area contributed by atoms with Crippen molar-refractivity contribution in [2.24, 2.45) is 11.8 Å². The number of likely N-dealkylation sites (tertiary alicyclic amines) is 1. The van der Waals surface area contributed by atoms with Crippen LogP contribution in [0.4, 0.5) is 0 Å². The van der Waals surface area contributed by atoms with Gasteiger partial charge in [0.25, 0.3) is 0 Å². The molecule has 0 bridgehead atoms. The third kappa shape index (κ3) is 3.76. The molecule has 1 fully saturated rings. The predicted molar refractivity (Wildman–Crippen MR) is 81.0 cm³/mol. The number of benzene rings is 1. The number of amides is 1. The number of nitrogens with zero attached hydrogens (tertiary/aromatic N) is 1. The molecule has 1 aliphatic heterocycles. The van der Waals surface area contributed by atoms with E-state index < -0.39 is 0 Å². The molecule has 0 saturated carbocycles. The van der Waals surface area contributed by atoms with Crippen molar-refractivity contribution >= 4 is 23.5 Å². The number of esters is 1. The van der Waals surface area contributed by atoms with Gasteiger partial charge in [0, 0.05) is 24.5 Å². The molecule has 0 spiro atoms. The zero-order chi connectivity index (χ0) is 15.4. The number of methoxy groups -OCH3 is 1. The van der Waals surface area contributed by atoms with E-state index in [1.165, 1.54) is 7.11 Å². The molecule has 4 nitrogen and oxygen atoms in total. The fourth-order valence-corrected chi connectivity index (χ4v) is 2.96. The molecule has 2 rings (SSSR count). The molecule has 114 valence electrons. The SMILES string of the molecule is COC(=O)C1CN(C(=O)CCc2ccccc2Cl)CC1C. The number of aryl methyl sites for hydroxylation is 1. The highest BCUT2D eigenvalue weighted by Gasteiger charge is 2.37. The van der Waals surface area contributed by atoms with Crippen molar-refractivity contribution in [2.45, 2.75) is 19.8 Å². The summed E-state index contributed by atoms with van der Waals surface area (Å²) < 4.78 is 4.78. The molecule has 1 aromatic carbocycles. The molecule has 2 atom stereocenters. The van der Waals surface area contributed by atoms with Gasteiger partial charge in [-0.05, 0) is 24.0 Å². The van der Waals surface area contributed by atoms with Crippen molar-refractivity contribution in [3.05, 3.63) is 34.9 Å². The highest BCUT2D eigenvalue weighted by atomic mass is 35.5. The van der Waals surface area contributed by atoms with Crippen LogP contribution in [-0.4, -0.2) is 37.0 Å². The predicted octanol–water partition coefficient (Wildman–Crippen LogP) is 2.54. The summed E-state index contributed by atoms with van der Waals surface area (Å²) in [7, 11) is 1.39. The van der Waals surface area contributed by atoms with Crippen LogP contribution in [-0.2, 0) is 20.7 Å². The molecule has 2 unspecified atom stereocenters. The Morgan fingerprint density at radius 2 is 2.05 bits per heavy atom. The van der Waals surface area contributed by atoms with E-state index in [0.717, 1.165) is 5.56 Å². The summed E-state index contributed by atoms with van der Waals surface area (Å²) in [6, 6.07) is 7.54. The Morgan fingerprint density at radius 1 is 1.33 bits per heavy atom. The van der Waals surface area contributed by atoms with Gasteiger partial charge in [0.2, 0.25) is 5.91 Å². The Morgan fingerprint density at radius 3 is 2.71 bits per heavy atom. The average molecular weight is 310 g/mol. The Bertz CT molecular complexity index is 532. The van der Waals surface area contributed by atoms with Crippen LogP contribution in [0.25, 0.3) is 0 Å². The Kier molecular flexibility index (Phi) is 5.23. The van der Waals surface area contributed by atoms with Crippen LogP contribution < -0.4 is 0 Å². The van der Waals surface area contributed by atoms with Gasteiger partial charge in [-0.1, -0.05) is 36.7 Å². The smallest absolute Gasteiger partial charge is 0.310 e. The minimum Gasteiger partial charge on any atom is -0.469 e. The number of hydrogen-bond donors (Lipinski definition) is 0. The van der Waals surface area contributed by atoms with Gasteiger partial charge < -0.3 is 9.64 Å². The molecule has 0 aromatic heterocycles. The van der Waals surface area contributed by atoms with E-state index in [4.69, 9.17) is 16.3 Å². The summed E-state index contributed by atoms with van der Waals surface area (Å²) in [6.07, 6.45) is 1.02. The minimum absolute atomic E-state index is 0.0631. The van der Waals surface area contributed by atoms with Crippen LogP contribution in [0.3, 0.4) is 0 Å². The van der Waals surface area contributed by atoms with Gasteiger partial charge in [-0.3, -0.25) is 9.59 Å². The second-order valence-electron chi connectivity index (χ2n) is 5.50. The summed E-state index contributed by atoms with van der Waals surface area (Å²) in [6.45, 7) is 3.04. The lowest BCUT2D eigenvalue weighted by Crippen LogP contribution is -2.30. The van der Waals surface area contributed by atoms with E-state index in [1.807, 2.05) is 31.2 Å². The molecular weight excluding hydrogens is 290 g/mol. The van der Waals surface area contributed by atoms with Crippen molar-refractivity contribution in [2.75, 3.05) is 20.2 Å². The first kappa shape index (κ1) is 15.8.